The molecule has 0 N–H and O–H groups in total. The minimum atomic E-state index is 0.503. The third-order valence-corrected chi connectivity index (χ3v) is 4.31. The van der Waals surface area contributed by atoms with Crippen molar-refractivity contribution in [2.75, 3.05) is 30.9 Å². The molecule has 1 atom stereocenters. The molecule has 1 unspecified atom stereocenters. The fourth-order valence-corrected chi connectivity index (χ4v) is 3.00. The summed E-state index contributed by atoms with van der Waals surface area (Å²) in [6.07, 6.45) is 7.94. The molecule has 1 saturated heterocycles. The van der Waals surface area contributed by atoms with Crippen LogP contribution in [-0.2, 0) is 0 Å². The molecular formula is C16H20N4OS. The van der Waals surface area contributed by atoms with E-state index in [4.69, 9.17) is 4.74 Å². The standard InChI is InChI=1S/C16H20N4OS/c1-22-16-18-9-7-14(19-16)20-10-4-5-13(11-20)12-21-15-6-2-3-8-17-15/h2-3,6-9,13H,4-5,10-12H2,1H3. The van der Waals surface area contributed by atoms with Crippen LogP contribution in [0.15, 0.2) is 41.8 Å². The maximum absolute atomic E-state index is 5.80. The first-order chi connectivity index (χ1) is 10.8. The number of pyridine rings is 1. The number of hydrogen-bond donors (Lipinski definition) is 0. The van der Waals surface area contributed by atoms with Crippen LogP contribution in [0.5, 0.6) is 5.88 Å². The van der Waals surface area contributed by atoms with Gasteiger partial charge in [-0.15, -0.1) is 0 Å². The molecule has 116 valence electrons. The molecule has 0 bridgehead atoms. The monoisotopic (exact) mass is 316 g/mol. The van der Waals surface area contributed by atoms with E-state index in [9.17, 15) is 0 Å². The van der Waals surface area contributed by atoms with Crippen molar-refractivity contribution in [3.63, 3.8) is 0 Å². The summed E-state index contributed by atoms with van der Waals surface area (Å²) in [5.74, 6) is 2.22. The second-order valence-electron chi connectivity index (χ2n) is 5.33. The van der Waals surface area contributed by atoms with Gasteiger partial charge in [-0.2, -0.15) is 0 Å². The Morgan fingerprint density at radius 3 is 3.05 bits per heavy atom. The van der Waals surface area contributed by atoms with E-state index < -0.39 is 0 Å². The van der Waals surface area contributed by atoms with Gasteiger partial charge in [-0.05, 0) is 31.2 Å². The number of thioether (sulfide) groups is 1. The van der Waals surface area contributed by atoms with Crippen molar-refractivity contribution in [1.82, 2.24) is 15.0 Å². The molecular weight excluding hydrogens is 296 g/mol. The first kappa shape index (κ1) is 15.1. The number of rotatable bonds is 5. The summed E-state index contributed by atoms with van der Waals surface area (Å²) in [6.45, 7) is 2.72. The van der Waals surface area contributed by atoms with Crippen LogP contribution in [0.25, 0.3) is 0 Å². The Kier molecular flexibility index (Phi) is 5.11. The van der Waals surface area contributed by atoms with Crippen LogP contribution >= 0.6 is 11.8 Å². The van der Waals surface area contributed by atoms with Gasteiger partial charge in [0, 0.05) is 37.5 Å². The molecule has 1 fully saturated rings. The molecule has 0 aromatic carbocycles. The van der Waals surface area contributed by atoms with Crippen molar-refractivity contribution >= 4 is 17.6 Å². The molecule has 0 radical (unpaired) electrons. The van der Waals surface area contributed by atoms with Crippen molar-refractivity contribution in [3.05, 3.63) is 36.7 Å². The molecule has 3 heterocycles. The van der Waals surface area contributed by atoms with Gasteiger partial charge in [0.1, 0.15) is 5.82 Å². The molecule has 2 aromatic heterocycles. The molecule has 0 spiro atoms. The lowest BCUT2D eigenvalue weighted by Crippen LogP contribution is -2.38. The average Bonchev–Trinajstić information content (AvgIpc) is 2.61. The van der Waals surface area contributed by atoms with Gasteiger partial charge < -0.3 is 9.64 Å². The van der Waals surface area contributed by atoms with Gasteiger partial charge in [-0.3, -0.25) is 0 Å². The van der Waals surface area contributed by atoms with E-state index in [1.54, 1.807) is 18.0 Å². The van der Waals surface area contributed by atoms with Gasteiger partial charge in [0.2, 0.25) is 5.88 Å². The number of hydrogen-bond acceptors (Lipinski definition) is 6. The Hall–Kier alpha value is -1.82. The van der Waals surface area contributed by atoms with E-state index in [2.05, 4.69) is 19.9 Å². The van der Waals surface area contributed by atoms with E-state index in [1.807, 2.05) is 36.7 Å². The first-order valence-electron chi connectivity index (χ1n) is 7.51. The Morgan fingerprint density at radius 1 is 1.27 bits per heavy atom. The highest BCUT2D eigenvalue weighted by Gasteiger charge is 2.22. The van der Waals surface area contributed by atoms with E-state index in [0.717, 1.165) is 30.5 Å². The maximum atomic E-state index is 5.80. The molecule has 2 aromatic rings. The van der Waals surface area contributed by atoms with Gasteiger partial charge in [-0.25, -0.2) is 15.0 Å². The zero-order valence-corrected chi connectivity index (χ0v) is 13.5. The number of aromatic nitrogens is 3. The number of piperidine rings is 1. The van der Waals surface area contributed by atoms with Gasteiger partial charge in [0.05, 0.1) is 6.61 Å². The van der Waals surface area contributed by atoms with Crippen LogP contribution in [0.1, 0.15) is 12.8 Å². The summed E-state index contributed by atoms with van der Waals surface area (Å²) in [6, 6.07) is 7.73. The molecule has 0 amide bonds. The summed E-state index contributed by atoms with van der Waals surface area (Å²) in [5.41, 5.74) is 0. The molecule has 3 rings (SSSR count). The fourth-order valence-electron chi connectivity index (χ4n) is 2.65. The highest BCUT2D eigenvalue weighted by Crippen LogP contribution is 2.23. The molecule has 1 aliphatic rings. The molecule has 0 aliphatic carbocycles. The van der Waals surface area contributed by atoms with E-state index in [-0.39, 0.29) is 0 Å². The first-order valence-corrected chi connectivity index (χ1v) is 8.73. The van der Waals surface area contributed by atoms with E-state index >= 15 is 0 Å². The second-order valence-corrected chi connectivity index (χ2v) is 6.11. The van der Waals surface area contributed by atoms with Crippen LogP contribution in [0, 0.1) is 5.92 Å². The lowest BCUT2D eigenvalue weighted by atomic mass is 9.99. The molecule has 6 heteroatoms. The van der Waals surface area contributed by atoms with E-state index in [0.29, 0.717) is 18.4 Å². The summed E-state index contributed by atoms with van der Waals surface area (Å²) >= 11 is 1.57. The number of ether oxygens (including phenoxy) is 1. The van der Waals surface area contributed by atoms with Crippen LogP contribution in [0.2, 0.25) is 0 Å². The van der Waals surface area contributed by atoms with Gasteiger partial charge in [0.15, 0.2) is 5.16 Å². The number of nitrogens with zero attached hydrogens (tertiary/aromatic N) is 4. The summed E-state index contributed by atoms with van der Waals surface area (Å²) in [4.78, 5) is 15.4. The minimum Gasteiger partial charge on any atom is -0.477 e. The molecule has 5 nitrogen and oxygen atoms in total. The van der Waals surface area contributed by atoms with Gasteiger partial charge in [0.25, 0.3) is 0 Å². The molecule has 0 saturated carbocycles. The Morgan fingerprint density at radius 2 is 2.23 bits per heavy atom. The Labute approximate surface area is 135 Å². The maximum Gasteiger partial charge on any atom is 0.213 e. The lowest BCUT2D eigenvalue weighted by molar-refractivity contribution is 0.221. The summed E-state index contributed by atoms with van der Waals surface area (Å²) in [7, 11) is 0. The van der Waals surface area contributed by atoms with E-state index in [1.165, 1.54) is 6.42 Å². The van der Waals surface area contributed by atoms with Crippen molar-refractivity contribution in [3.8, 4) is 5.88 Å². The third kappa shape index (κ3) is 3.88. The summed E-state index contributed by atoms with van der Waals surface area (Å²) in [5, 5.41) is 0.823. The van der Waals surface area contributed by atoms with Crippen molar-refractivity contribution in [1.29, 1.82) is 0 Å². The zero-order chi connectivity index (χ0) is 15.2. The zero-order valence-electron chi connectivity index (χ0n) is 12.7. The fraction of sp³-hybridized carbons (Fsp3) is 0.438. The predicted molar refractivity (Wildman–Crippen MR) is 88.5 cm³/mol. The quantitative estimate of drug-likeness (QED) is 0.624. The molecule has 1 aliphatic heterocycles. The predicted octanol–water partition coefficient (Wildman–Crippen LogP) is 2.89. The lowest BCUT2D eigenvalue weighted by Gasteiger charge is -2.33. The Bertz CT molecular complexity index is 596. The van der Waals surface area contributed by atoms with Crippen molar-refractivity contribution in [2.24, 2.45) is 5.92 Å². The highest BCUT2D eigenvalue weighted by atomic mass is 32.2. The minimum absolute atomic E-state index is 0.503. The third-order valence-electron chi connectivity index (χ3n) is 3.75. The van der Waals surface area contributed by atoms with Gasteiger partial charge >= 0.3 is 0 Å². The smallest absolute Gasteiger partial charge is 0.213 e. The SMILES string of the molecule is CSc1nccc(N2CCCC(COc3ccccn3)C2)n1. The van der Waals surface area contributed by atoms with Crippen molar-refractivity contribution < 1.29 is 4.74 Å². The normalized spacial score (nSPS) is 18.2. The average molecular weight is 316 g/mol. The van der Waals surface area contributed by atoms with Crippen LogP contribution in [-0.4, -0.2) is 40.9 Å². The van der Waals surface area contributed by atoms with Crippen LogP contribution in [0.3, 0.4) is 0 Å². The highest BCUT2D eigenvalue weighted by molar-refractivity contribution is 7.98. The Balaban J connectivity index is 1.59. The second kappa shape index (κ2) is 7.45. The van der Waals surface area contributed by atoms with Crippen LogP contribution in [0.4, 0.5) is 5.82 Å². The summed E-state index contributed by atoms with van der Waals surface area (Å²) < 4.78 is 5.80. The molecule has 22 heavy (non-hydrogen) atoms. The van der Waals surface area contributed by atoms with Gasteiger partial charge in [-0.1, -0.05) is 17.8 Å². The van der Waals surface area contributed by atoms with Crippen molar-refractivity contribution in [2.45, 2.75) is 18.0 Å². The largest absolute Gasteiger partial charge is 0.477 e. The number of anilines is 1. The topological polar surface area (TPSA) is 51.1 Å². The van der Waals surface area contributed by atoms with Crippen LogP contribution < -0.4 is 9.64 Å².